The Hall–Kier alpha value is -0.650. The molecular weight excluding hydrogens is 208 g/mol. The van der Waals surface area contributed by atoms with E-state index in [0.29, 0.717) is 32.7 Å². The first kappa shape index (κ1) is 15.3. The number of rotatable bonds is 10. The van der Waals surface area contributed by atoms with E-state index in [2.05, 4.69) is 5.32 Å². The topological polar surface area (TPSA) is 73.6 Å². The lowest BCUT2D eigenvalue weighted by molar-refractivity contribution is -0.140. The summed E-state index contributed by atoms with van der Waals surface area (Å²) >= 11 is 0. The summed E-state index contributed by atoms with van der Waals surface area (Å²) in [6.45, 7) is 6.21. The lowest BCUT2D eigenvalue weighted by Crippen LogP contribution is -2.27. The van der Waals surface area contributed by atoms with Gasteiger partial charge in [0.25, 0.3) is 0 Å². The summed E-state index contributed by atoms with van der Waals surface area (Å²) in [5.74, 6) is 0.00636. The van der Waals surface area contributed by atoms with Gasteiger partial charge in [0, 0.05) is 39.1 Å². The summed E-state index contributed by atoms with van der Waals surface area (Å²) in [7, 11) is 0. The van der Waals surface area contributed by atoms with E-state index in [1.54, 1.807) is 0 Å². The van der Waals surface area contributed by atoms with E-state index in [1.165, 1.54) is 0 Å². The van der Waals surface area contributed by atoms with Crippen LogP contribution >= 0.6 is 0 Å². The second kappa shape index (κ2) is 10.9. The van der Waals surface area contributed by atoms with Gasteiger partial charge in [0.1, 0.15) is 0 Å². The van der Waals surface area contributed by atoms with Crippen LogP contribution in [0.5, 0.6) is 0 Å². The molecule has 0 aromatic heterocycles. The van der Waals surface area contributed by atoms with Gasteiger partial charge in [0.05, 0.1) is 0 Å². The van der Waals surface area contributed by atoms with Crippen LogP contribution in [0.2, 0.25) is 0 Å². The van der Waals surface area contributed by atoms with Gasteiger partial charge in [-0.1, -0.05) is 0 Å². The third-order valence-electron chi connectivity index (χ3n) is 2.02. The van der Waals surface area contributed by atoms with E-state index in [9.17, 15) is 4.79 Å². The molecule has 0 heterocycles. The second-order valence-corrected chi connectivity index (χ2v) is 3.37. The quantitative estimate of drug-likeness (QED) is 0.428. The van der Waals surface area contributed by atoms with Gasteiger partial charge in [0.2, 0.25) is 5.91 Å². The highest BCUT2D eigenvalue weighted by Gasteiger charge is 2.07. The summed E-state index contributed by atoms with van der Waals surface area (Å²) in [4.78, 5) is 11.1. The van der Waals surface area contributed by atoms with E-state index in [4.69, 9.17) is 15.2 Å². The molecule has 3 N–H and O–H groups in total. The van der Waals surface area contributed by atoms with Crippen molar-refractivity contribution in [2.45, 2.75) is 39.4 Å². The maximum atomic E-state index is 11.1. The normalized spacial score (nSPS) is 10.8. The fourth-order valence-electron chi connectivity index (χ4n) is 1.30. The fourth-order valence-corrected chi connectivity index (χ4v) is 1.30. The van der Waals surface area contributed by atoms with E-state index >= 15 is 0 Å². The van der Waals surface area contributed by atoms with Gasteiger partial charge >= 0.3 is 0 Å². The zero-order valence-electron chi connectivity index (χ0n) is 10.3. The monoisotopic (exact) mass is 232 g/mol. The number of nitrogens with two attached hydrogens (primary N) is 1. The predicted octanol–water partition coefficient (Wildman–Crippen LogP) is 0.631. The molecule has 0 aromatic rings. The summed E-state index contributed by atoms with van der Waals surface area (Å²) in [5.41, 5.74) is 5.26. The molecule has 0 spiro atoms. The average Bonchev–Trinajstić information content (AvgIpc) is 2.25. The maximum Gasteiger partial charge on any atom is 0.221 e. The number of amides is 1. The van der Waals surface area contributed by atoms with Crippen molar-refractivity contribution in [3.05, 3.63) is 0 Å². The Bertz CT molecular complexity index is 171. The van der Waals surface area contributed by atoms with E-state index < -0.39 is 0 Å². The summed E-state index contributed by atoms with van der Waals surface area (Å²) in [6.07, 6.45) is 1.88. The van der Waals surface area contributed by atoms with Crippen LogP contribution in [0.25, 0.3) is 0 Å². The van der Waals surface area contributed by atoms with E-state index in [-0.39, 0.29) is 12.2 Å². The van der Waals surface area contributed by atoms with Crippen LogP contribution < -0.4 is 11.1 Å². The van der Waals surface area contributed by atoms with Crippen molar-refractivity contribution in [2.75, 3.05) is 26.3 Å². The molecule has 5 heteroatoms. The molecule has 0 fully saturated rings. The Balaban J connectivity index is 3.49. The molecule has 0 aliphatic heterocycles. The molecular formula is C11H24N2O3. The average molecular weight is 232 g/mol. The van der Waals surface area contributed by atoms with Crippen LogP contribution in [-0.2, 0) is 14.3 Å². The molecule has 16 heavy (non-hydrogen) atoms. The van der Waals surface area contributed by atoms with Crippen LogP contribution in [0.3, 0.4) is 0 Å². The van der Waals surface area contributed by atoms with Gasteiger partial charge in [-0.25, -0.2) is 0 Å². The van der Waals surface area contributed by atoms with Crippen LogP contribution in [0.4, 0.5) is 0 Å². The summed E-state index contributed by atoms with van der Waals surface area (Å²) in [5, 5.41) is 2.79. The number of nitrogens with one attached hydrogen (secondary N) is 1. The van der Waals surface area contributed by atoms with Gasteiger partial charge in [-0.15, -0.1) is 0 Å². The third kappa shape index (κ3) is 8.64. The Morgan fingerprint density at radius 3 is 2.44 bits per heavy atom. The van der Waals surface area contributed by atoms with Crippen LogP contribution in [-0.4, -0.2) is 38.5 Å². The highest BCUT2D eigenvalue weighted by atomic mass is 16.7. The molecule has 96 valence electrons. The van der Waals surface area contributed by atoms with Gasteiger partial charge in [-0.05, 0) is 20.3 Å². The van der Waals surface area contributed by atoms with Crippen molar-refractivity contribution in [2.24, 2.45) is 5.73 Å². The van der Waals surface area contributed by atoms with Crippen LogP contribution in [0, 0.1) is 0 Å². The molecule has 0 unspecified atom stereocenters. The minimum atomic E-state index is -0.151. The number of ether oxygens (including phenoxy) is 2. The minimum absolute atomic E-state index is 0.00636. The molecule has 0 radical (unpaired) electrons. The Morgan fingerprint density at radius 2 is 1.94 bits per heavy atom. The molecule has 0 aliphatic rings. The molecule has 0 saturated heterocycles. The van der Waals surface area contributed by atoms with Gasteiger partial charge in [-0.2, -0.15) is 0 Å². The fraction of sp³-hybridized carbons (Fsp3) is 0.909. The second-order valence-electron chi connectivity index (χ2n) is 3.37. The Kier molecular flexibility index (Phi) is 10.4. The van der Waals surface area contributed by atoms with Gasteiger partial charge in [0.15, 0.2) is 6.29 Å². The molecule has 0 atom stereocenters. The lowest BCUT2D eigenvalue weighted by atomic mass is 10.3. The SMILES string of the molecule is CCOC(CCCNC(=O)CCN)OCC. The first-order valence-corrected chi connectivity index (χ1v) is 5.94. The standard InChI is InChI=1S/C11H24N2O3/c1-3-15-11(16-4-2)6-5-9-13-10(14)7-8-12/h11H,3-9,12H2,1-2H3,(H,13,14). The minimum Gasteiger partial charge on any atom is -0.356 e. The number of carbonyl (C=O) groups is 1. The zero-order chi connectivity index (χ0) is 12.2. The van der Waals surface area contributed by atoms with Gasteiger partial charge < -0.3 is 20.5 Å². The Labute approximate surface area is 97.7 Å². The molecule has 1 amide bonds. The van der Waals surface area contributed by atoms with Crippen molar-refractivity contribution in [1.29, 1.82) is 0 Å². The molecule has 0 aliphatic carbocycles. The first-order valence-electron chi connectivity index (χ1n) is 5.94. The maximum absolute atomic E-state index is 11.1. The lowest BCUT2D eigenvalue weighted by Gasteiger charge is -2.16. The van der Waals surface area contributed by atoms with Crippen molar-refractivity contribution < 1.29 is 14.3 Å². The van der Waals surface area contributed by atoms with Crippen LogP contribution in [0.1, 0.15) is 33.1 Å². The van der Waals surface area contributed by atoms with Crippen molar-refractivity contribution in [3.8, 4) is 0 Å². The van der Waals surface area contributed by atoms with Crippen molar-refractivity contribution >= 4 is 5.91 Å². The number of hydrogen-bond donors (Lipinski definition) is 2. The molecule has 5 nitrogen and oxygen atoms in total. The predicted molar refractivity (Wildman–Crippen MR) is 63.0 cm³/mol. The molecule has 0 saturated carbocycles. The third-order valence-corrected chi connectivity index (χ3v) is 2.02. The summed E-state index contributed by atoms with van der Waals surface area (Å²) in [6, 6.07) is 0. The van der Waals surface area contributed by atoms with E-state index in [0.717, 1.165) is 12.8 Å². The van der Waals surface area contributed by atoms with E-state index in [1.807, 2.05) is 13.8 Å². The van der Waals surface area contributed by atoms with Crippen molar-refractivity contribution in [3.63, 3.8) is 0 Å². The largest absolute Gasteiger partial charge is 0.356 e. The van der Waals surface area contributed by atoms with Gasteiger partial charge in [-0.3, -0.25) is 4.79 Å². The Morgan fingerprint density at radius 1 is 1.31 bits per heavy atom. The summed E-state index contributed by atoms with van der Waals surface area (Å²) < 4.78 is 10.8. The first-order chi connectivity index (χ1) is 7.74. The number of hydrogen-bond acceptors (Lipinski definition) is 4. The molecule has 0 aromatic carbocycles. The molecule has 0 rings (SSSR count). The smallest absolute Gasteiger partial charge is 0.221 e. The zero-order valence-corrected chi connectivity index (χ0v) is 10.3. The van der Waals surface area contributed by atoms with Crippen LogP contribution in [0.15, 0.2) is 0 Å². The highest BCUT2D eigenvalue weighted by molar-refractivity contribution is 5.75. The number of carbonyl (C=O) groups excluding carboxylic acids is 1. The highest BCUT2D eigenvalue weighted by Crippen LogP contribution is 2.03. The van der Waals surface area contributed by atoms with Crippen molar-refractivity contribution in [1.82, 2.24) is 5.32 Å². The molecule has 0 bridgehead atoms.